The highest BCUT2D eigenvalue weighted by molar-refractivity contribution is 7.89. The van der Waals surface area contributed by atoms with Gasteiger partial charge in [-0.05, 0) is 69.5 Å². The second-order valence-electron chi connectivity index (χ2n) is 9.62. The molecule has 0 spiro atoms. The molecule has 0 saturated heterocycles. The molecule has 0 aliphatic carbocycles. The van der Waals surface area contributed by atoms with Crippen LogP contribution in [0.4, 0.5) is 5.69 Å². The molecule has 204 valence electrons. The molecule has 3 rings (SSSR count). The Bertz CT molecular complexity index is 1480. The first kappa shape index (κ1) is 28.9. The summed E-state index contributed by atoms with van der Waals surface area (Å²) < 4.78 is 37.0. The van der Waals surface area contributed by atoms with Crippen LogP contribution in [0.5, 0.6) is 11.6 Å². The van der Waals surface area contributed by atoms with Crippen LogP contribution >= 0.6 is 0 Å². The van der Waals surface area contributed by atoms with E-state index in [0.29, 0.717) is 12.1 Å². The van der Waals surface area contributed by atoms with Crippen molar-refractivity contribution in [1.82, 2.24) is 14.5 Å². The van der Waals surface area contributed by atoms with Gasteiger partial charge in [0, 0.05) is 23.2 Å². The Morgan fingerprint density at radius 1 is 1.08 bits per heavy atom. The van der Waals surface area contributed by atoms with Gasteiger partial charge in [-0.25, -0.2) is 17.9 Å². The number of nitrogens with zero attached hydrogens (tertiary/aromatic N) is 2. The lowest BCUT2D eigenvalue weighted by molar-refractivity contribution is -0.118. The molecule has 2 aromatic carbocycles. The molecule has 0 aliphatic heterocycles. The van der Waals surface area contributed by atoms with Crippen LogP contribution in [0.2, 0.25) is 0 Å². The summed E-state index contributed by atoms with van der Waals surface area (Å²) in [4.78, 5) is 24.0. The van der Waals surface area contributed by atoms with Crippen LogP contribution in [-0.2, 0) is 14.8 Å². The van der Waals surface area contributed by atoms with Crippen molar-refractivity contribution in [3.63, 3.8) is 0 Å². The SMILES string of the molecule is CC[C@H](C)NS(=O)(=O)c1cc(NC(=O)C(C)C)ccc1Oc1c(C)c(C(=O)O)nn1-c1cc(C)ccc1C. The molecular formula is C27H34N4O6S. The van der Waals surface area contributed by atoms with Crippen LogP contribution in [0.1, 0.15) is 61.3 Å². The predicted octanol–water partition coefficient (Wildman–Crippen LogP) is 4.96. The number of aryl methyl sites for hydroxylation is 2. The normalized spacial score (nSPS) is 12.4. The fourth-order valence-corrected chi connectivity index (χ4v) is 5.08. The van der Waals surface area contributed by atoms with E-state index in [0.717, 1.165) is 11.1 Å². The van der Waals surface area contributed by atoms with Crippen molar-refractivity contribution >= 4 is 27.6 Å². The smallest absolute Gasteiger partial charge is 0.356 e. The van der Waals surface area contributed by atoms with Gasteiger partial charge in [0.25, 0.3) is 0 Å². The molecule has 0 unspecified atom stereocenters. The van der Waals surface area contributed by atoms with Gasteiger partial charge in [-0.2, -0.15) is 9.78 Å². The Labute approximate surface area is 223 Å². The number of carbonyl (C=O) groups is 2. The number of nitrogens with one attached hydrogen (secondary N) is 2. The van der Waals surface area contributed by atoms with Crippen LogP contribution in [0.25, 0.3) is 5.69 Å². The first-order chi connectivity index (χ1) is 17.7. The first-order valence-corrected chi connectivity index (χ1v) is 13.8. The van der Waals surface area contributed by atoms with Crippen LogP contribution in [0.3, 0.4) is 0 Å². The number of hydrogen-bond donors (Lipinski definition) is 3. The summed E-state index contributed by atoms with van der Waals surface area (Å²) in [7, 11) is -4.09. The van der Waals surface area contributed by atoms with E-state index < -0.39 is 16.0 Å². The lowest BCUT2D eigenvalue weighted by Gasteiger charge is -2.18. The number of ether oxygens (including phenoxy) is 1. The van der Waals surface area contributed by atoms with Gasteiger partial charge in [-0.3, -0.25) is 4.79 Å². The summed E-state index contributed by atoms with van der Waals surface area (Å²) in [5, 5.41) is 16.7. The number of benzene rings is 2. The number of carboxylic acids is 1. The molecule has 0 aliphatic rings. The Kier molecular flexibility index (Phi) is 8.63. The van der Waals surface area contributed by atoms with Crippen molar-refractivity contribution in [2.24, 2.45) is 5.92 Å². The zero-order valence-corrected chi connectivity index (χ0v) is 23.4. The van der Waals surface area contributed by atoms with Crippen molar-refractivity contribution in [1.29, 1.82) is 0 Å². The van der Waals surface area contributed by atoms with E-state index in [-0.39, 0.29) is 51.3 Å². The molecule has 0 radical (unpaired) electrons. The minimum Gasteiger partial charge on any atom is -0.476 e. The molecule has 11 heteroatoms. The molecule has 38 heavy (non-hydrogen) atoms. The average molecular weight is 543 g/mol. The number of aromatic nitrogens is 2. The number of sulfonamides is 1. The van der Waals surface area contributed by atoms with Gasteiger partial charge in [0.05, 0.1) is 5.69 Å². The number of hydrogen-bond acceptors (Lipinski definition) is 6. The number of carboxylic acid groups (broad SMARTS) is 1. The maximum Gasteiger partial charge on any atom is 0.356 e. The quantitative estimate of drug-likeness (QED) is 0.329. The van der Waals surface area contributed by atoms with Crippen molar-refractivity contribution in [2.75, 3.05) is 5.32 Å². The fourth-order valence-electron chi connectivity index (χ4n) is 3.60. The van der Waals surface area contributed by atoms with Crippen molar-refractivity contribution in [3.8, 4) is 17.3 Å². The third kappa shape index (κ3) is 6.22. The van der Waals surface area contributed by atoms with E-state index >= 15 is 0 Å². The summed E-state index contributed by atoms with van der Waals surface area (Å²) in [6.45, 7) is 12.3. The molecule has 0 saturated carbocycles. The maximum atomic E-state index is 13.4. The molecule has 3 aromatic rings. The topological polar surface area (TPSA) is 140 Å². The standard InChI is InChI=1S/C27H34N4O6S/c1-8-18(6)30-38(35,36)23-14-20(28-25(32)15(2)3)11-12-22(23)37-26-19(7)24(27(33)34)29-31(26)21-13-16(4)9-10-17(21)5/h9-15,18,30H,8H2,1-7H3,(H,28,32)(H,33,34)/t18-/m0/s1. The van der Waals surface area contributed by atoms with Crippen molar-refractivity contribution in [3.05, 3.63) is 58.8 Å². The van der Waals surface area contributed by atoms with Gasteiger partial charge in [-0.1, -0.05) is 32.9 Å². The number of amides is 1. The molecule has 3 N–H and O–H groups in total. The molecule has 1 atom stereocenters. The van der Waals surface area contributed by atoms with E-state index in [2.05, 4.69) is 15.1 Å². The molecule has 0 bridgehead atoms. The minimum atomic E-state index is -4.09. The van der Waals surface area contributed by atoms with E-state index in [1.807, 2.05) is 39.0 Å². The lowest BCUT2D eigenvalue weighted by Crippen LogP contribution is -2.32. The zero-order valence-electron chi connectivity index (χ0n) is 22.6. The van der Waals surface area contributed by atoms with Crippen LogP contribution in [-0.4, -0.2) is 41.2 Å². The summed E-state index contributed by atoms with van der Waals surface area (Å²) in [5.41, 5.74) is 2.63. The van der Waals surface area contributed by atoms with Crippen LogP contribution < -0.4 is 14.8 Å². The molecule has 1 aromatic heterocycles. The Hall–Kier alpha value is -3.70. The number of rotatable bonds is 10. The molecular weight excluding hydrogens is 508 g/mol. The highest BCUT2D eigenvalue weighted by Crippen LogP contribution is 2.36. The Morgan fingerprint density at radius 2 is 1.76 bits per heavy atom. The van der Waals surface area contributed by atoms with E-state index in [1.165, 1.54) is 22.9 Å². The van der Waals surface area contributed by atoms with E-state index in [9.17, 15) is 23.1 Å². The third-order valence-corrected chi connectivity index (χ3v) is 7.67. The summed E-state index contributed by atoms with van der Waals surface area (Å²) in [5.74, 6) is -1.81. The van der Waals surface area contributed by atoms with Gasteiger partial charge in [0.1, 0.15) is 10.6 Å². The Balaban J connectivity index is 2.21. The van der Waals surface area contributed by atoms with Gasteiger partial charge in [-0.15, -0.1) is 0 Å². The average Bonchev–Trinajstić information content (AvgIpc) is 3.17. The zero-order chi connectivity index (χ0) is 28.4. The fraction of sp³-hybridized carbons (Fsp3) is 0.370. The number of carbonyl (C=O) groups excluding carboxylic acids is 1. The van der Waals surface area contributed by atoms with E-state index in [1.54, 1.807) is 27.7 Å². The summed E-state index contributed by atoms with van der Waals surface area (Å²) in [6, 6.07) is 9.57. The predicted molar refractivity (Wildman–Crippen MR) is 145 cm³/mol. The molecule has 1 heterocycles. The van der Waals surface area contributed by atoms with E-state index in [4.69, 9.17) is 4.74 Å². The largest absolute Gasteiger partial charge is 0.476 e. The van der Waals surface area contributed by atoms with Gasteiger partial charge in [0.15, 0.2) is 5.69 Å². The van der Waals surface area contributed by atoms with Crippen molar-refractivity contribution in [2.45, 2.75) is 65.8 Å². The van der Waals surface area contributed by atoms with Crippen LogP contribution in [0.15, 0.2) is 41.3 Å². The second kappa shape index (κ2) is 11.4. The summed E-state index contributed by atoms with van der Waals surface area (Å²) >= 11 is 0. The second-order valence-corrected chi connectivity index (χ2v) is 11.3. The monoisotopic (exact) mass is 542 g/mol. The maximum absolute atomic E-state index is 13.4. The minimum absolute atomic E-state index is 0.0464. The van der Waals surface area contributed by atoms with Gasteiger partial charge >= 0.3 is 5.97 Å². The highest BCUT2D eigenvalue weighted by Gasteiger charge is 2.27. The Morgan fingerprint density at radius 3 is 2.37 bits per heavy atom. The van der Waals surface area contributed by atoms with Crippen LogP contribution in [0, 0.1) is 26.7 Å². The molecule has 10 nitrogen and oxygen atoms in total. The molecule has 1 amide bonds. The molecule has 0 fully saturated rings. The summed E-state index contributed by atoms with van der Waals surface area (Å²) in [6.07, 6.45) is 0.555. The lowest BCUT2D eigenvalue weighted by atomic mass is 10.1. The first-order valence-electron chi connectivity index (χ1n) is 12.3. The number of anilines is 1. The third-order valence-electron chi connectivity index (χ3n) is 6.06. The highest BCUT2D eigenvalue weighted by atomic mass is 32.2. The van der Waals surface area contributed by atoms with Gasteiger partial charge < -0.3 is 15.2 Å². The number of aromatic carboxylic acids is 1. The van der Waals surface area contributed by atoms with Gasteiger partial charge in [0.2, 0.25) is 21.8 Å². The van der Waals surface area contributed by atoms with Crippen molar-refractivity contribution < 1.29 is 27.9 Å².